The van der Waals surface area contributed by atoms with Gasteiger partial charge in [-0.1, -0.05) is 12.1 Å². The number of likely N-dealkylation sites (tertiary alicyclic amines) is 1. The number of amides is 1. The summed E-state index contributed by atoms with van der Waals surface area (Å²) >= 11 is 1.40. The number of thiophene rings is 1. The van der Waals surface area contributed by atoms with Crippen LogP contribution in [0, 0.1) is 0 Å². The van der Waals surface area contributed by atoms with Crippen LogP contribution in [0.1, 0.15) is 64.6 Å². The molecular formula is C22H22F3N5OS. The lowest BCUT2D eigenvalue weighted by atomic mass is 9.95. The number of aromatic nitrogens is 3. The summed E-state index contributed by atoms with van der Waals surface area (Å²) in [5.74, 6) is -0.169. The Bertz CT molecular complexity index is 1080. The van der Waals surface area contributed by atoms with E-state index in [1.165, 1.54) is 17.5 Å². The molecule has 3 aromatic heterocycles. The average Bonchev–Trinajstić information content (AvgIpc) is 3.48. The molecule has 2 aliphatic rings. The van der Waals surface area contributed by atoms with Gasteiger partial charge < -0.3 is 10.2 Å². The third-order valence-electron chi connectivity index (χ3n) is 6.19. The molecule has 0 aliphatic carbocycles. The van der Waals surface area contributed by atoms with E-state index in [4.69, 9.17) is 0 Å². The van der Waals surface area contributed by atoms with E-state index in [-0.39, 0.29) is 29.8 Å². The van der Waals surface area contributed by atoms with Crippen LogP contribution in [0.3, 0.4) is 0 Å². The minimum atomic E-state index is -4.47. The van der Waals surface area contributed by atoms with E-state index in [1.807, 2.05) is 29.6 Å². The maximum Gasteiger partial charge on any atom is 0.410 e. The van der Waals surface area contributed by atoms with E-state index in [2.05, 4.69) is 15.4 Å². The highest BCUT2D eigenvalue weighted by Crippen LogP contribution is 2.45. The molecule has 2 aliphatic heterocycles. The first kappa shape index (κ1) is 21.0. The van der Waals surface area contributed by atoms with Gasteiger partial charge in [0.15, 0.2) is 6.04 Å². The molecule has 10 heteroatoms. The zero-order chi connectivity index (χ0) is 22.3. The van der Waals surface area contributed by atoms with Crippen LogP contribution in [-0.2, 0) is 0 Å². The fourth-order valence-corrected chi connectivity index (χ4v) is 5.43. The van der Waals surface area contributed by atoms with Gasteiger partial charge in [-0.15, -0.1) is 11.3 Å². The summed E-state index contributed by atoms with van der Waals surface area (Å²) in [5, 5.41) is 9.02. The van der Waals surface area contributed by atoms with Crippen LogP contribution in [-0.4, -0.2) is 38.3 Å². The van der Waals surface area contributed by atoms with Crippen molar-refractivity contribution in [2.75, 3.05) is 11.9 Å². The molecule has 5 heterocycles. The van der Waals surface area contributed by atoms with Crippen molar-refractivity contribution in [3.8, 4) is 0 Å². The van der Waals surface area contributed by atoms with E-state index >= 15 is 0 Å². The van der Waals surface area contributed by atoms with Crippen LogP contribution in [0.5, 0.6) is 0 Å². The molecule has 6 nitrogen and oxygen atoms in total. The number of carbonyl (C=O) groups is 1. The van der Waals surface area contributed by atoms with Gasteiger partial charge in [-0.05, 0) is 42.3 Å². The highest BCUT2D eigenvalue weighted by Gasteiger charge is 2.48. The Labute approximate surface area is 187 Å². The van der Waals surface area contributed by atoms with Gasteiger partial charge in [0.25, 0.3) is 5.91 Å². The Morgan fingerprint density at radius 2 is 2.06 bits per heavy atom. The van der Waals surface area contributed by atoms with Crippen LogP contribution in [0.4, 0.5) is 19.0 Å². The normalized spacial score (nSPS) is 23.5. The van der Waals surface area contributed by atoms with Gasteiger partial charge in [-0.25, -0.2) is 4.68 Å². The largest absolute Gasteiger partial charge is 0.410 e. The lowest BCUT2D eigenvalue weighted by Crippen LogP contribution is -2.40. The van der Waals surface area contributed by atoms with Gasteiger partial charge in [0.1, 0.15) is 11.4 Å². The minimum Gasteiger partial charge on any atom is -0.362 e. The van der Waals surface area contributed by atoms with E-state index in [9.17, 15) is 18.0 Å². The summed E-state index contributed by atoms with van der Waals surface area (Å²) in [6.07, 6.45) is 2.67. The van der Waals surface area contributed by atoms with Crippen molar-refractivity contribution in [3.05, 3.63) is 64.2 Å². The van der Waals surface area contributed by atoms with Crippen LogP contribution < -0.4 is 5.32 Å². The van der Waals surface area contributed by atoms with Crippen molar-refractivity contribution in [2.24, 2.45) is 0 Å². The number of anilines is 1. The molecule has 5 rings (SSSR count). The third-order valence-corrected chi connectivity index (χ3v) is 7.17. The smallest absolute Gasteiger partial charge is 0.362 e. The molecule has 0 saturated carbocycles. The highest BCUT2D eigenvalue weighted by molar-refractivity contribution is 7.10. The first-order valence-corrected chi connectivity index (χ1v) is 11.5. The maximum absolute atomic E-state index is 13.9. The number of piperidine rings is 1. The summed E-state index contributed by atoms with van der Waals surface area (Å²) in [6.45, 7) is 0.542. The molecule has 1 fully saturated rings. The Balaban J connectivity index is 1.51. The van der Waals surface area contributed by atoms with Gasteiger partial charge in [0.2, 0.25) is 0 Å². The van der Waals surface area contributed by atoms with Crippen LogP contribution in [0.15, 0.2) is 48.2 Å². The van der Waals surface area contributed by atoms with Crippen LogP contribution in [0.25, 0.3) is 0 Å². The molecule has 1 amide bonds. The molecule has 0 aromatic carbocycles. The molecule has 0 unspecified atom stereocenters. The molecule has 1 N–H and O–H groups in total. The number of hydrogen-bond donors (Lipinski definition) is 1. The highest BCUT2D eigenvalue weighted by atomic mass is 32.1. The summed E-state index contributed by atoms with van der Waals surface area (Å²) in [5.41, 5.74) is 1.11. The summed E-state index contributed by atoms with van der Waals surface area (Å²) in [7, 11) is 0. The monoisotopic (exact) mass is 461 g/mol. The Morgan fingerprint density at radius 3 is 2.78 bits per heavy atom. The number of hydrogen-bond acceptors (Lipinski definition) is 5. The third kappa shape index (κ3) is 3.76. The second-order valence-electron chi connectivity index (χ2n) is 8.15. The fourth-order valence-electron chi connectivity index (χ4n) is 4.64. The zero-order valence-electron chi connectivity index (χ0n) is 17.1. The molecular weight excluding hydrogens is 439 g/mol. The second kappa shape index (κ2) is 8.23. The standard InChI is InChI=1S/C22H22F3N5OS/c23-22(24,25)19-11-16(18-7-4-10-32-18)28-20-15(13-27-30(19)20)21(31)29-9-2-1-6-17(29)14-5-3-8-26-12-14/h3-5,7-8,10,12-13,16-17,19,28H,1-2,6,9,11H2/t16-,17+,19-/m1/s1. The first-order chi connectivity index (χ1) is 15.4. The number of carbonyl (C=O) groups excluding carboxylic acids is 1. The first-order valence-electron chi connectivity index (χ1n) is 10.6. The Kier molecular flexibility index (Phi) is 5.40. The zero-order valence-corrected chi connectivity index (χ0v) is 17.9. The van der Waals surface area contributed by atoms with Gasteiger partial charge in [-0.3, -0.25) is 9.78 Å². The predicted octanol–water partition coefficient (Wildman–Crippen LogP) is 5.37. The lowest BCUT2D eigenvalue weighted by Gasteiger charge is -2.37. The van der Waals surface area contributed by atoms with Gasteiger partial charge in [0, 0.05) is 30.2 Å². The topological polar surface area (TPSA) is 63.1 Å². The molecule has 3 aromatic rings. The molecule has 0 radical (unpaired) electrons. The van der Waals surface area contributed by atoms with E-state index in [0.29, 0.717) is 6.54 Å². The summed E-state index contributed by atoms with van der Waals surface area (Å²) < 4.78 is 42.6. The predicted molar refractivity (Wildman–Crippen MR) is 114 cm³/mol. The average molecular weight is 462 g/mol. The maximum atomic E-state index is 13.9. The number of alkyl halides is 3. The molecule has 32 heavy (non-hydrogen) atoms. The van der Waals surface area contributed by atoms with E-state index in [0.717, 1.165) is 34.4 Å². The minimum absolute atomic E-state index is 0.137. The molecule has 0 spiro atoms. The van der Waals surface area contributed by atoms with Crippen molar-refractivity contribution >= 4 is 23.1 Å². The molecule has 3 atom stereocenters. The quantitative estimate of drug-likeness (QED) is 0.570. The van der Waals surface area contributed by atoms with Crippen LogP contribution >= 0.6 is 11.3 Å². The molecule has 1 saturated heterocycles. The summed E-state index contributed by atoms with van der Waals surface area (Å²) in [4.78, 5) is 20.3. The Morgan fingerprint density at radius 1 is 1.19 bits per heavy atom. The number of pyridine rings is 1. The number of halogens is 3. The Hall–Kier alpha value is -2.88. The molecule has 0 bridgehead atoms. The molecule has 168 valence electrons. The van der Waals surface area contributed by atoms with E-state index in [1.54, 1.807) is 17.3 Å². The lowest BCUT2D eigenvalue weighted by molar-refractivity contribution is -0.173. The van der Waals surface area contributed by atoms with Crippen molar-refractivity contribution < 1.29 is 18.0 Å². The van der Waals surface area contributed by atoms with Crippen molar-refractivity contribution in [2.45, 2.75) is 50.0 Å². The number of fused-ring (bicyclic) bond motifs is 1. The van der Waals surface area contributed by atoms with Gasteiger partial charge >= 0.3 is 6.18 Å². The van der Waals surface area contributed by atoms with Crippen molar-refractivity contribution in [1.82, 2.24) is 19.7 Å². The van der Waals surface area contributed by atoms with Crippen molar-refractivity contribution in [1.29, 1.82) is 0 Å². The number of nitrogens with zero attached hydrogens (tertiary/aromatic N) is 4. The van der Waals surface area contributed by atoms with Crippen LogP contribution in [0.2, 0.25) is 0 Å². The van der Waals surface area contributed by atoms with Crippen molar-refractivity contribution in [3.63, 3.8) is 0 Å². The SMILES string of the molecule is O=C(c1cnn2c1N[C@@H](c1cccs1)C[C@@H]2C(F)(F)F)N1CCCC[C@H]1c1cccnc1. The van der Waals surface area contributed by atoms with Gasteiger partial charge in [-0.2, -0.15) is 18.3 Å². The number of nitrogens with one attached hydrogen (secondary N) is 1. The fraction of sp³-hybridized carbons (Fsp3) is 0.409. The second-order valence-corrected chi connectivity index (χ2v) is 9.13. The van der Waals surface area contributed by atoms with E-state index < -0.39 is 18.3 Å². The number of rotatable bonds is 3. The summed E-state index contributed by atoms with van der Waals surface area (Å²) in [6, 6.07) is 4.91. The van der Waals surface area contributed by atoms with Gasteiger partial charge in [0.05, 0.1) is 18.3 Å².